The number of hydrogen-bond donors (Lipinski definition) is 1. The Morgan fingerprint density at radius 1 is 1.25 bits per heavy atom. The van der Waals surface area contributed by atoms with Crippen LogP contribution in [-0.2, 0) is 13.5 Å². The minimum absolute atomic E-state index is 0.510. The second-order valence-corrected chi connectivity index (χ2v) is 5.71. The number of rotatable bonds is 7. The van der Waals surface area contributed by atoms with E-state index in [0.29, 0.717) is 12.0 Å². The molecule has 2 atom stereocenters. The molecule has 0 fully saturated rings. The lowest BCUT2D eigenvalue weighted by atomic mass is 9.94. The molecule has 0 saturated heterocycles. The molecule has 110 valence electrons. The average molecular weight is 273 g/mol. The molecule has 3 heteroatoms. The fraction of sp³-hybridized carbons (Fsp3) is 0.588. The zero-order valence-corrected chi connectivity index (χ0v) is 13.2. The summed E-state index contributed by atoms with van der Waals surface area (Å²) >= 11 is 0. The predicted octanol–water partition coefficient (Wildman–Crippen LogP) is 3.53. The molecule has 1 aromatic carbocycles. The van der Waals surface area contributed by atoms with Crippen LogP contribution in [0.4, 0.5) is 0 Å². The number of imidazole rings is 1. The maximum Gasteiger partial charge on any atom is 0.111 e. The van der Waals surface area contributed by atoms with Gasteiger partial charge in [0.2, 0.25) is 0 Å². The number of likely N-dealkylation sites (N-methyl/N-ethyl adjacent to an activating group) is 1. The normalized spacial score (nSPS) is 14.6. The lowest BCUT2D eigenvalue weighted by Crippen LogP contribution is -2.37. The highest BCUT2D eigenvalue weighted by Gasteiger charge is 2.19. The maximum absolute atomic E-state index is 4.80. The Hall–Kier alpha value is -1.35. The molecule has 1 N–H and O–H groups in total. The smallest absolute Gasteiger partial charge is 0.111 e. The van der Waals surface area contributed by atoms with Crippen molar-refractivity contribution in [2.75, 3.05) is 6.54 Å². The van der Waals surface area contributed by atoms with Gasteiger partial charge in [-0.2, -0.15) is 0 Å². The van der Waals surface area contributed by atoms with Crippen LogP contribution >= 0.6 is 0 Å². The van der Waals surface area contributed by atoms with Crippen molar-refractivity contribution in [2.45, 2.75) is 46.1 Å². The summed E-state index contributed by atoms with van der Waals surface area (Å²) in [5, 5.41) is 3.63. The molecule has 0 saturated carbocycles. The Labute approximate surface area is 122 Å². The molecule has 0 amide bonds. The quantitative estimate of drug-likeness (QED) is 0.836. The molecule has 2 rings (SSSR count). The largest absolute Gasteiger partial charge is 0.331 e. The van der Waals surface area contributed by atoms with E-state index in [2.05, 4.69) is 62.0 Å². The van der Waals surface area contributed by atoms with E-state index >= 15 is 0 Å². The Morgan fingerprint density at radius 2 is 2.00 bits per heavy atom. The standard InChI is InChI=1S/C17H27N3/c1-5-9-13(3)15(18-6-2)12-17-19-14-10-7-8-11-16(14)20(17)4/h7-8,10-11,13,15,18H,5-6,9,12H2,1-4H3. The van der Waals surface area contributed by atoms with Gasteiger partial charge in [0.25, 0.3) is 0 Å². The summed E-state index contributed by atoms with van der Waals surface area (Å²) in [6, 6.07) is 8.88. The topological polar surface area (TPSA) is 29.9 Å². The van der Waals surface area contributed by atoms with Crippen molar-refractivity contribution in [1.29, 1.82) is 0 Å². The van der Waals surface area contributed by atoms with Crippen LogP contribution in [0.2, 0.25) is 0 Å². The molecule has 1 heterocycles. The van der Waals surface area contributed by atoms with Gasteiger partial charge in [-0.05, 0) is 31.0 Å². The number of aryl methyl sites for hydroxylation is 1. The molecule has 0 aliphatic rings. The first kappa shape index (κ1) is 15.0. The van der Waals surface area contributed by atoms with Crippen molar-refractivity contribution < 1.29 is 0 Å². The minimum atomic E-state index is 0.510. The van der Waals surface area contributed by atoms with E-state index in [1.807, 2.05) is 0 Å². The van der Waals surface area contributed by atoms with E-state index < -0.39 is 0 Å². The average Bonchev–Trinajstić information content (AvgIpc) is 2.76. The summed E-state index contributed by atoms with van der Waals surface area (Å²) < 4.78 is 2.23. The number of para-hydroxylation sites is 2. The van der Waals surface area contributed by atoms with Crippen molar-refractivity contribution in [1.82, 2.24) is 14.9 Å². The molecule has 0 aliphatic carbocycles. The number of nitrogens with one attached hydrogen (secondary N) is 1. The Balaban J connectivity index is 2.21. The fourth-order valence-corrected chi connectivity index (χ4v) is 2.97. The van der Waals surface area contributed by atoms with Crippen molar-refractivity contribution in [3.05, 3.63) is 30.1 Å². The van der Waals surface area contributed by atoms with Crippen LogP contribution in [0, 0.1) is 5.92 Å². The van der Waals surface area contributed by atoms with Gasteiger partial charge in [0, 0.05) is 19.5 Å². The summed E-state index contributed by atoms with van der Waals surface area (Å²) in [5.74, 6) is 1.86. The first-order chi connectivity index (χ1) is 9.67. The Morgan fingerprint density at radius 3 is 2.65 bits per heavy atom. The van der Waals surface area contributed by atoms with E-state index in [4.69, 9.17) is 4.98 Å². The number of benzene rings is 1. The number of hydrogen-bond acceptors (Lipinski definition) is 2. The molecule has 0 aliphatic heterocycles. The minimum Gasteiger partial charge on any atom is -0.331 e. The highest BCUT2D eigenvalue weighted by molar-refractivity contribution is 5.75. The van der Waals surface area contributed by atoms with Crippen LogP contribution < -0.4 is 5.32 Å². The van der Waals surface area contributed by atoms with E-state index in [0.717, 1.165) is 18.5 Å². The van der Waals surface area contributed by atoms with Crippen LogP contribution in [0.15, 0.2) is 24.3 Å². The van der Waals surface area contributed by atoms with Gasteiger partial charge in [-0.1, -0.05) is 39.3 Å². The van der Waals surface area contributed by atoms with Crippen LogP contribution in [0.25, 0.3) is 11.0 Å². The zero-order chi connectivity index (χ0) is 14.5. The van der Waals surface area contributed by atoms with Gasteiger partial charge in [-0.3, -0.25) is 0 Å². The molecule has 3 nitrogen and oxygen atoms in total. The number of fused-ring (bicyclic) bond motifs is 1. The Kier molecular flexibility index (Phi) is 5.18. The highest BCUT2D eigenvalue weighted by Crippen LogP contribution is 2.19. The molecule has 0 spiro atoms. The second-order valence-electron chi connectivity index (χ2n) is 5.71. The van der Waals surface area contributed by atoms with Gasteiger partial charge in [0.15, 0.2) is 0 Å². The van der Waals surface area contributed by atoms with Crippen LogP contribution in [0.3, 0.4) is 0 Å². The van der Waals surface area contributed by atoms with Crippen LogP contribution in [0.5, 0.6) is 0 Å². The molecule has 0 bridgehead atoms. The lowest BCUT2D eigenvalue weighted by Gasteiger charge is -2.24. The third-order valence-corrected chi connectivity index (χ3v) is 4.18. The number of nitrogens with zero attached hydrogens (tertiary/aromatic N) is 2. The SMILES string of the molecule is CCCC(C)C(Cc1nc2ccccc2n1C)NCC. The molecule has 2 aromatic rings. The maximum atomic E-state index is 4.80. The molecule has 20 heavy (non-hydrogen) atoms. The zero-order valence-electron chi connectivity index (χ0n) is 13.2. The first-order valence-corrected chi connectivity index (χ1v) is 7.81. The van der Waals surface area contributed by atoms with Gasteiger partial charge in [-0.15, -0.1) is 0 Å². The molecule has 2 unspecified atom stereocenters. The summed E-state index contributed by atoms with van der Waals surface area (Å²) in [7, 11) is 2.12. The van der Waals surface area contributed by atoms with E-state index in [1.54, 1.807) is 0 Å². The number of aromatic nitrogens is 2. The summed E-state index contributed by atoms with van der Waals surface area (Å²) in [5.41, 5.74) is 2.32. The van der Waals surface area contributed by atoms with E-state index in [1.165, 1.54) is 24.2 Å². The van der Waals surface area contributed by atoms with Crippen LogP contribution in [-0.4, -0.2) is 22.1 Å². The summed E-state index contributed by atoms with van der Waals surface area (Å²) in [4.78, 5) is 4.80. The van der Waals surface area contributed by atoms with Gasteiger partial charge < -0.3 is 9.88 Å². The molecular formula is C17H27N3. The fourth-order valence-electron chi connectivity index (χ4n) is 2.97. The van der Waals surface area contributed by atoms with Crippen molar-refractivity contribution in [3.8, 4) is 0 Å². The van der Waals surface area contributed by atoms with Crippen molar-refractivity contribution in [3.63, 3.8) is 0 Å². The van der Waals surface area contributed by atoms with Gasteiger partial charge in [-0.25, -0.2) is 4.98 Å². The highest BCUT2D eigenvalue weighted by atomic mass is 15.1. The monoisotopic (exact) mass is 273 g/mol. The van der Waals surface area contributed by atoms with Gasteiger partial charge in [0.1, 0.15) is 5.82 Å². The van der Waals surface area contributed by atoms with Gasteiger partial charge >= 0.3 is 0 Å². The molecular weight excluding hydrogens is 246 g/mol. The second kappa shape index (κ2) is 6.89. The predicted molar refractivity (Wildman–Crippen MR) is 86.0 cm³/mol. The van der Waals surface area contributed by atoms with Crippen molar-refractivity contribution >= 4 is 11.0 Å². The van der Waals surface area contributed by atoms with E-state index in [9.17, 15) is 0 Å². The molecule has 1 aromatic heterocycles. The van der Waals surface area contributed by atoms with Crippen molar-refractivity contribution in [2.24, 2.45) is 13.0 Å². The van der Waals surface area contributed by atoms with E-state index in [-0.39, 0.29) is 0 Å². The molecule has 0 radical (unpaired) electrons. The lowest BCUT2D eigenvalue weighted by molar-refractivity contribution is 0.351. The van der Waals surface area contributed by atoms with Gasteiger partial charge in [0.05, 0.1) is 11.0 Å². The summed E-state index contributed by atoms with van der Waals surface area (Å²) in [6.07, 6.45) is 3.51. The third kappa shape index (κ3) is 3.21. The summed E-state index contributed by atoms with van der Waals surface area (Å²) in [6.45, 7) is 7.80. The van der Waals surface area contributed by atoms with Crippen LogP contribution in [0.1, 0.15) is 39.4 Å². The third-order valence-electron chi connectivity index (χ3n) is 4.18. The Bertz CT molecular complexity index is 544. The first-order valence-electron chi connectivity index (χ1n) is 7.81.